The van der Waals surface area contributed by atoms with E-state index in [0.717, 1.165) is 25.8 Å². The van der Waals surface area contributed by atoms with Gasteiger partial charge < -0.3 is 10.6 Å². The molecule has 128 valence electrons. The Labute approximate surface area is 145 Å². The number of hydrogen-bond acceptors (Lipinski definition) is 4. The van der Waals surface area contributed by atoms with Crippen molar-refractivity contribution in [3.8, 4) is 0 Å². The summed E-state index contributed by atoms with van der Waals surface area (Å²) in [5.41, 5.74) is 0.640. The fourth-order valence-corrected chi connectivity index (χ4v) is 2.32. The molecular weight excluding hydrogens is 331 g/mol. The number of nitrogens with zero attached hydrogens (tertiary/aromatic N) is 2. The van der Waals surface area contributed by atoms with Crippen molar-refractivity contribution < 1.29 is 9.18 Å². The number of carbonyl (C=O) groups excluding carboxylic acids is 1. The molecular formula is C17H20ClFN4O. The molecule has 7 heteroatoms. The van der Waals surface area contributed by atoms with Crippen molar-refractivity contribution in [2.24, 2.45) is 0 Å². The molecule has 0 unspecified atom stereocenters. The first-order chi connectivity index (χ1) is 11.5. The van der Waals surface area contributed by atoms with Crippen molar-refractivity contribution in [2.75, 3.05) is 17.2 Å². The van der Waals surface area contributed by atoms with Crippen LogP contribution in [0.25, 0.3) is 0 Å². The van der Waals surface area contributed by atoms with E-state index in [2.05, 4.69) is 27.5 Å². The van der Waals surface area contributed by atoms with Crippen molar-refractivity contribution in [3.63, 3.8) is 0 Å². The Hall–Kier alpha value is -2.21. The van der Waals surface area contributed by atoms with Crippen LogP contribution in [-0.2, 0) is 0 Å². The van der Waals surface area contributed by atoms with Gasteiger partial charge in [-0.05, 0) is 31.5 Å². The number of unbranched alkanes of at least 4 members (excludes halogenated alkanes) is 2. The number of anilines is 2. The maximum atomic E-state index is 13.2. The molecule has 2 N–H and O–H groups in total. The Morgan fingerprint density at radius 3 is 2.75 bits per heavy atom. The second-order valence-electron chi connectivity index (χ2n) is 5.40. The third kappa shape index (κ3) is 5.16. The number of aromatic nitrogens is 2. The molecule has 2 aromatic rings. The molecule has 0 aliphatic rings. The number of aryl methyl sites for hydroxylation is 1. The highest BCUT2D eigenvalue weighted by Crippen LogP contribution is 2.20. The van der Waals surface area contributed by atoms with E-state index in [4.69, 9.17) is 11.6 Å². The summed E-state index contributed by atoms with van der Waals surface area (Å²) in [5.74, 6) is 0.171. The average Bonchev–Trinajstić information content (AvgIpc) is 2.54. The first kappa shape index (κ1) is 18.1. The predicted octanol–water partition coefficient (Wildman–Crippen LogP) is 4.43. The molecule has 0 aliphatic carbocycles. The van der Waals surface area contributed by atoms with Crippen LogP contribution in [0.1, 0.15) is 42.5 Å². The Kier molecular flexibility index (Phi) is 6.49. The third-order valence-corrected chi connectivity index (χ3v) is 3.62. The van der Waals surface area contributed by atoms with E-state index in [1.54, 1.807) is 13.0 Å². The van der Waals surface area contributed by atoms with E-state index in [0.29, 0.717) is 17.3 Å². The summed E-state index contributed by atoms with van der Waals surface area (Å²) in [6, 6.07) is 5.59. The van der Waals surface area contributed by atoms with Gasteiger partial charge in [-0.3, -0.25) is 4.79 Å². The minimum absolute atomic E-state index is 0.0510. The lowest BCUT2D eigenvalue weighted by Crippen LogP contribution is -2.16. The van der Waals surface area contributed by atoms with Crippen LogP contribution >= 0.6 is 11.6 Å². The number of hydrogen-bond donors (Lipinski definition) is 2. The number of nitrogens with one attached hydrogen (secondary N) is 2. The first-order valence-corrected chi connectivity index (χ1v) is 8.23. The molecule has 1 amide bonds. The van der Waals surface area contributed by atoms with Gasteiger partial charge in [-0.2, -0.15) is 0 Å². The largest absolute Gasteiger partial charge is 0.370 e. The molecule has 0 bridgehead atoms. The van der Waals surface area contributed by atoms with Gasteiger partial charge in [0.1, 0.15) is 23.2 Å². The van der Waals surface area contributed by atoms with Crippen molar-refractivity contribution >= 4 is 29.0 Å². The highest BCUT2D eigenvalue weighted by molar-refractivity contribution is 6.31. The third-order valence-electron chi connectivity index (χ3n) is 3.33. The second kappa shape index (κ2) is 8.59. The van der Waals surface area contributed by atoms with Gasteiger partial charge in [0.15, 0.2) is 0 Å². The van der Waals surface area contributed by atoms with Gasteiger partial charge >= 0.3 is 0 Å². The maximum absolute atomic E-state index is 13.2. The molecule has 1 aromatic carbocycles. The summed E-state index contributed by atoms with van der Waals surface area (Å²) < 4.78 is 13.2. The van der Waals surface area contributed by atoms with E-state index >= 15 is 0 Å². The number of benzene rings is 1. The van der Waals surface area contributed by atoms with Crippen molar-refractivity contribution in [1.82, 2.24) is 9.97 Å². The van der Waals surface area contributed by atoms with E-state index in [1.807, 2.05) is 0 Å². The second-order valence-corrected chi connectivity index (χ2v) is 5.81. The van der Waals surface area contributed by atoms with E-state index in [9.17, 15) is 9.18 Å². The number of rotatable bonds is 7. The monoisotopic (exact) mass is 350 g/mol. The lowest BCUT2D eigenvalue weighted by atomic mass is 10.2. The van der Waals surface area contributed by atoms with Crippen LogP contribution < -0.4 is 10.6 Å². The standard InChI is InChI=1S/C17H20ClFN4O/c1-3-4-5-8-20-16-10-15(21-11(2)22-16)17(24)23-12-6-7-14(19)13(18)9-12/h6-7,9-10H,3-5,8H2,1-2H3,(H,23,24)(H,20,21,22). The molecule has 0 radical (unpaired) electrons. The zero-order valence-corrected chi connectivity index (χ0v) is 14.5. The topological polar surface area (TPSA) is 66.9 Å². The van der Waals surface area contributed by atoms with Crippen LogP contribution in [0.3, 0.4) is 0 Å². The van der Waals surface area contributed by atoms with Gasteiger partial charge in [-0.15, -0.1) is 0 Å². The highest BCUT2D eigenvalue weighted by atomic mass is 35.5. The van der Waals surface area contributed by atoms with Crippen LogP contribution in [0.15, 0.2) is 24.3 Å². The van der Waals surface area contributed by atoms with Gasteiger partial charge in [0.05, 0.1) is 5.02 Å². The molecule has 1 aromatic heterocycles. The number of amides is 1. The van der Waals surface area contributed by atoms with Crippen molar-refractivity contribution in [2.45, 2.75) is 33.1 Å². The van der Waals surface area contributed by atoms with E-state index in [-0.39, 0.29) is 10.7 Å². The predicted molar refractivity (Wildman–Crippen MR) is 94.1 cm³/mol. The summed E-state index contributed by atoms with van der Waals surface area (Å²) in [5, 5.41) is 5.79. The lowest BCUT2D eigenvalue weighted by molar-refractivity contribution is 0.102. The Morgan fingerprint density at radius 1 is 1.25 bits per heavy atom. The minimum Gasteiger partial charge on any atom is -0.370 e. The summed E-state index contributed by atoms with van der Waals surface area (Å²) in [7, 11) is 0. The molecule has 0 saturated carbocycles. The van der Waals surface area contributed by atoms with E-state index < -0.39 is 11.7 Å². The Morgan fingerprint density at radius 2 is 2.04 bits per heavy atom. The van der Waals surface area contributed by atoms with Crippen LogP contribution in [0.5, 0.6) is 0 Å². The zero-order chi connectivity index (χ0) is 17.5. The van der Waals surface area contributed by atoms with Gasteiger partial charge in [-0.25, -0.2) is 14.4 Å². The number of halogens is 2. The molecule has 0 saturated heterocycles. The molecule has 24 heavy (non-hydrogen) atoms. The minimum atomic E-state index is -0.536. The number of carbonyl (C=O) groups is 1. The average molecular weight is 351 g/mol. The molecule has 5 nitrogen and oxygen atoms in total. The Bertz CT molecular complexity index is 724. The van der Waals surface area contributed by atoms with Crippen molar-refractivity contribution in [1.29, 1.82) is 0 Å². The fourth-order valence-electron chi connectivity index (χ4n) is 2.14. The highest BCUT2D eigenvalue weighted by Gasteiger charge is 2.12. The van der Waals surface area contributed by atoms with Crippen LogP contribution in [0.4, 0.5) is 15.9 Å². The normalized spacial score (nSPS) is 10.5. The van der Waals surface area contributed by atoms with Gasteiger partial charge in [0, 0.05) is 18.3 Å². The molecule has 1 heterocycles. The van der Waals surface area contributed by atoms with Gasteiger partial charge in [0.2, 0.25) is 0 Å². The van der Waals surface area contributed by atoms with Crippen LogP contribution in [0, 0.1) is 12.7 Å². The maximum Gasteiger partial charge on any atom is 0.274 e. The van der Waals surface area contributed by atoms with E-state index in [1.165, 1.54) is 18.2 Å². The molecule has 2 rings (SSSR count). The summed E-state index contributed by atoms with van der Waals surface area (Å²) in [6.45, 7) is 4.65. The Balaban J connectivity index is 2.07. The first-order valence-electron chi connectivity index (χ1n) is 7.85. The van der Waals surface area contributed by atoms with Gasteiger partial charge in [-0.1, -0.05) is 31.4 Å². The van der Waals surface area contributed by atoms with Gasteiger partial charge in [0.25, 0.3) is 5.91 Å². The zero-order valence-electron chi connectivity index (χ0n) is 13.7. The summed E-state index contributed by atoms with van der Waals surface area (Å²) in [4.78, 5) is 20.7. The fraction of sp³-hybridized carbons (Fsp3) is 0.353. The molecule has 0 aliphatic heterocycles. The lowest BCUT2D eigenvalue weighted by Gasteiger charge is -2.09. The SMILES string of the molecule is CCCCCNc1cc(C(=O)Nc2ccc(F)c(Cl)c2)nc(C)n1. The summed E-state index contributed by atoms with van der Waals surface area (Å²) in [6.07, 6.45) is 3.31. The molecule has 0 fully saturated rings. The molecule has 0 atom stereocenters. The quantitative estimate of drug-likeness (QED) is 0.725. The van der Waals surface area contributed by atoms with Crippen LogP contribution in [-0.4, -0.2) is 22.4 Å². The smallest absolute Gasteiger partial charge is 0.274 e. The van der Waals surface area contributed by atoms with Crippen molar-refractivity contribution in [3.05, 3.63) is 46.6 Å². The van der Waals surface area contributed by atoms with Crippen LogP contribution in [0.2, 0.25) is 5.02 Å². The molecule has 0 spiro atoms. The summed E-state index contributed by atoms with van der Waals surface area (Å²) >= 11 is 5.71.